The zero-order chi connectivity index (χ0) is 23.5. The van der Waals surface area contributed by atoms with Crippen LogP contribution in [0.15, 0.2) is 35.9 Å². The Kier molecular flexibility index (Phi) is 11.3. The number of allylic oxidation sites excluding steroid dienone is 3. The molecular formula is C28H43NO2S. The zero-order valence-corrected chi connectivity index (χ0v) is 21.5. The minimum absolute atomic E-state index is 0.0493. The Morgan fingerprint density at radius 3 is 2.56 bits per heavy atom. The van der Waals surface area contributed by atoms with Gasteiger partial charge in [0.05, 0.1) is 0 Å². The summed E-state index contributed by atoms with van der Waals surface area (Å²) >= 11 is 5.52. The first-order valence-electron chi connectivity index (χ1n) is 12.5. The number of unbranched alkanes of at least 4 members (excludes halogenated alkanes) is 5. The van der Waals surface area contributed by atoms with Gasteiger partial charge in [-0.2, -0.15) is 0 Å². The molecule has 1 aliphatic carbocycles. The smallest absolute Gasteiger partial charge is 0.262 e. The number of phenolic OH excluding ortho intramolecular Hbond substituents is 1. The number of ether oxygens (including phenoxy) is 1. The molecule has 0 radical (unpaired) electrons. The molecule has 3 nitrogen and oxygen atoms in total. The molecule has 32 heavy (non-hydrogen) atoms. The van der Waals surface area contributed by atoms with E-state index < -0.39 is 0 Å². The summed E-state index contributed by atoms with van der Waals surface area (Å²) in [5, 5.41) is 14.8. The van der Waals surface area contributed by atoms with Gasteiger partial charge < -0.3 is 15.2 Å². The van der Waals surface area contributed by atoms with Crippen molar-refractivity contribution in [2.24, 2.45) is 5.92 Å². The molecule has 1 aromatic carbocycles. The normalized spacial score (nSPS) is 18.2. The van der Waals surface area contributed by atoms with Gasteiger partial charge in [0.15, 0.2) is 0 Å². The van der Waals surface area contributed by atoms with Crippen LogP contribution in [0.3, 0.4) is 0 Å². The van der Waals surface area contributed by atoms with Crippen LogP contribution < -0.4 is 10.1 Å². The fraction of sp³-hybridized carbons (Fsp3) is 0.607. The van der Waals surface area contributed by atoms with Crippen LogP contribution in [0.4, 0.5) is 0 Å². The van der Waals surface area contributed by atoms with Gasteiger partial charge in [-0.15, -0.1) is 0 Å². The second kappa shape index (κ2) is 13.7. The molecule has 0 saturated carbocycles. The van der Waals surface area contributed by atoms with Crippen molar-refractivity contribution in [1.82, 2.24) is 5.32 Å². The lowest BCUT2D eigenvalue weighted by Crippen LogP contribution is -2.28. The number of benzene rings is 1. The number of hydrogen-bond acceptors (Lipinski definition) is 3. The van der Waals surface area contributed by atoms with Gasteiger partial charge in [0.25, 0.3) is 5.17 Å². The summed E-state index contributed by atoms with van der Waals surface area (Å²) in [5.41, 5.74) is 4.43. The van der Waals surface area contributed by atoms with Crippen molar-refractivity contribution in [3.05, 3.63) is 47.1 Å². The van der Waals surface area contributed by atoms with Crippen LogP contribution in [-0.2, 0) is 6.42 Å². The Labute approximate surface area is 201 Å². The molecule has 2 atom stereocenters. The van der Waals surface area contributed by atoms with Gasteiger partial charge in [0.2, 0.25) is 0 Å². The SMILES string of the molecule is C=C(C)[C@@H]1CCC(C)=C[C@H]1c1c(O)cc(CCCCC)cc1OC(=S)NCCCCCC. The highest BCUT2D eigenvalue weighted by Gasteiger charge is 2.31. The highest BCUT2D eigenvalue weighted by atomic mass is 32.1. The monoisotopic (exact) mass is 457 g/mol. The van der Waals surface area contributed by atoms with Crippen molar-refractivity contribution >= 4 is 17.4 Å². The number of aryl methyl sites for hydroxylation is 1. The maximum Gasteiger partial charge on any atom is 0.262 e. The molecule has 0 bridgehead atoms. The third kappa shape index (κ3) is 7.95. The Morgan fingerprint density at radius 1 is 1.16 bits per heavy atom. The van der Waals surface area contributed by atoms with Crippen molar-refractivity contribution < 1.29 is 9.84 Å². The van der Waals surface area contributed by atoms with Crippen LogP contribution in [0.1, 0.15) is 103 Å². The van der Waals surface area contributed by atoms with E-state index in [4.69, 9.17) is 17.0 Å². The second-order valence-corrected chi connectivity index (χ2v) is 9.76. The lowest BCUT2D eigenvalue weighted by molar-refractivity contribution is 0.420. The lowest BCUT2D eigenvalue weighted by Gasteiger charge is -2.32. The summed E-state index contributed by atoms with van der Waals surface area (Å²) in [6.07, 6.45) is 13.5. The number of hydrogen-bond donors (Lipinski definition) is 2. The molecular weight excluding hydrogens is 414 g/mol. The number of thiocarbonyl (C=S) groups is 1. The van der Waals surface area contributed by atoms with Gasteiger partial charge in [-0.3, -0.25) is 0 Å². The standard InChI is InChI=1S/C28H43NO2S/c1-6-8-10-12-16-29-28(32)31-26-19-22(13-11-9-7-2)18-25(30)27(26)24-17-21(5)14-15-23(24)20(3)4/h17-19,23-24,30H,3,6-16H2,1-2,4-5H3,(H,29,32)/t23-,24+/m0/s1. The Morgan fingerprint density at radius 2 is 1.88 bits per heavy atom. The molecule has 178 valence electrons. The zero-order valence-electron chi connectivity index (χ0n) is 20.6. The minimum Gasteiger partial charge on any atom is -0.507 e. The van der Waals surface area contributed by atoms with E-state index in [0.717, 1.165) is 55.3 Å². The lowest BCUT2D eigenvalue weighted by atomic mass is 9.73. The molecule has 1 aromatic rings. The largest absolute Gasteiger partial charge is 0.507 e. The van der Waals surface area contributed by atoms with E-state index in [2.05, 4.69) is 51.7 Å². The third-order valence-corrected chi connectivity index (χ3v) is 6.69. The van der Waals surface area contributed by atoms with Crippen LogP contribution in [0.2, 0.25) is 0 Å². The number of rotatable bonds is 12. The van der Waals surface area contributed by atoms with Gasteiger partial charge in [-0.1, -0.05) is 69.8 Å². The van der Waals surface area contributed by atoms with Crippen molar-refractivity contribution in [2.75, 3.05) is 6.54 Å². The van der Waals surface area contributed by atoms with Crippen molar-refractivity contribution in [1.29, 1.82) is 0 Å². The highest BCUT2D eigenvalue weighted by Crippen LogP contribution is 2.47. The molecule has 2 rings (SSSR count). The molecule has 0 aliphatic heterocycles. The van der Waals surface area contributed by atoms with Crippen LogP contribution >= 0.6 is 12.2 Å². The molecule has 0 aromatic heterocycles. The summed E-state index contributed by atoms with van der Waals surface area (Å²) < 4.78 is 6.20. The van der Waals surface area contributed by atoms with Crippen LogP contribution in [-0.4, -0.2) is 16.8 Å². The molecule has 0 spiro atoms. The van der Waals surface area contributed by atoms with Crippen LogP contribution in [0, 0.1) is 5.92 Å². The van der Waals surface area contributed by atoms with Crippen molar-refractivity contribution in [3.8, 4) is 11.5 Å². The van der Waals surface area contributed by atoms with E-state index in [9.17, 15) is 5.11 Å². The Balaban J connectivity index is 2.31. The van der Waals surface area contributed by atoms with E-state index in [-0.39, 0.29) is 11.8 Å². The third-order valence-electron chi connectivity index (χ3n) is 6.46. The Bertz CT molecular complexity index is 799. The summed E-state index contributed by atoms with van der Waals surface area (Å²) in [4.78, 5) is 0. The molecule has 4 heteroatoms. The Hall–Kier alpha value is -1.81. The predicted molar refractivity (Wildman–Crippen MR) is 141 cm³/mol. The fourth-order valence-corrected chi connectivity index (χ4v) is 4.79. The first-order valence-corrected chi connectivity index (χ1v) is 12.9. The minimum atomic E-state index is 0.0493. The van der Waals surface area contributed by atoms with Crippen LogP contribution in [0.25, 0.3) is 0 Å². The molecule has 1 aliphatic rings. The first kappa shape index (κ1) is 26.4. The maximum absolute atomic E-state index is 11.2. The van der Waals surface area contributed by atoms with Gasteiger partial charge in [-0.25, -0.2) is 0 Å². The fourth-order valence-electron chi connectivity index (χ4n) is 4.59. The molecule has 0 heterocycles. The number of nitrogens with one attached hydrogen (secondary N) is 1. The number of phenols is 1. The summed E-state index contributed by atoms with van der Waals surface area (Å²) in [6.45, 7) is 13.7. The van der Waals surface area contributed by atoms with Gasteiger partial charge in [-0.05, 0) is 81.8 Å². The van der Waals surface area contributed by atoms with Crippen molar-refractivity contribution in [2.45, 2.75) is 97.8 Å². The topological polar surface area (TPSA) is 41.5 Å². The quantitative estimate of drug-likeness (QED) is 0.190. The molecule has 0 unspecified atom stereocenters. The van der Waals surface area contributed by atoms with E-state index in [1.165, 1.54) is 37.7 Å². The summed E-state index contributed by atoms with van der Waals surface area (Å²) in [7, 11) is 0. The van der Waals surface area contributed by atoms with E-state index >= 15 is 0 Å². The molecule has 0 amide bonds. The summed E-state index contributed by atoms with van der Waals surface area (Å²) in [6, 6.07) is 4.01. The van der Waals surface area contributed by atoms with Crippen LogP contribution in [0.5, 0.6) is 11.5 Å². The van der Waals surface area contributed by atoms with Gasteiger partial charge >= 0.3 is 0 Å². The maximum atomic E-state index is 11.2. The molecule has 0 fully saturated rings. The average molecular weight is 458 g/mol. The predicted octanol–water partition coefficient (Wildman–Crippen LogP) is 7.97. The van der Waals surface area contributed by atoms with Gasteiger partial charge in [0.1, 0.15) is 11.5 Å². The molecule has 2 N–H and O–H groups in total. The van der Waals surface area contributed by atoms with Gasteiger partial charge in [0, 0.05) is 18.0 Å². The average Bonchev–Trinajstić information content (AvgIpc) is 2.73. The van der Waals surface area contributed by atoms with Crippen molar-refractivity contribution in [3.63, 3.8) is 0 Å². The second-order valence-electron chi connectivity index (χ2n) is 9.39. The highest BCUT2D eigenvalue weighted by molar-refractivity contribution is 7.80. The van der Waals surface area contributed by atoms with E-state index in [1.807, 2.05) is 6.07 Å². The number of aromatic hydroxyl groups is 1. The van der Waals surface area contributed by atoms with E-state index in [0.29, 0.717) is 16.7 Å². The van der Waals surface area contributed by atoms with E-state index in [1.54, 1.807) is 0 Å². The molecule has 0 saturated heterocycles. The summed E-state index contributed by atoms with van der Waals surface area (Å²) in [5.74, 6) is 1.33. The first-order chi connectivity index (χ1) is 15.4.